The summed E-state index contributed by atoms with van der Waals surface area (Å²) >= 11 is 0. The Morgan fingerprint density at radius 1 is 1.04 bits per heavy atom. The number of nitrogens with one attached hydrogen (secondary N) is 1. The van der Waals surface area contributed by atoms with Gasteiger partial charge in [0.25, 0.3) is 5.91 Å². The minimum Gasteiger partial charge on any atom is -0.325 e. The Morgan fingerprint density at radius 2 is 1.81 bits per heavy atom. The third-order valence-corrected chi connectivity index (χ3v) is 4.74. The highest BCUT2D eigenvalue weighted by atomic mass is 16.1. The average molecular weight is 358 g/mol. The Hall–Kier alpha value is -3.21. The standard InChI is InChI=1S/C22H22N4O/c1-15-10-16(2)12-18(11-15)25-22(27)19-13-24-21(14-23-19)26-9-5-7-17-6-3-4-8-20(17)26/h3-4,6,8,10-14H,5,7,9H2,1-2H3,(H,25,27). The molecule has 1 aliphatic heterocycles. The number of amides is 1. The zero-order valence-electron chi connectivity index (χ0n) is 15.6. The summed E-state index contributed by atoms with van der Waals surface area (Å²) in [5.41, 5.74) is 5.79. The lowest BCUT2D eigenvalue weighted by molar-refractivity contribution is 0.102. The van der Waals surface area contributed by atoms with Gasteiger partial charge in [-0.3, -0.25) is 4.79 Å². The molecule has 0 atom stereocenters. The van der Waals surface area contributed by atoms with E-state index in [0.717, 1.165) is 42.0 Å². The van der Waals surface area contributed by atoms with E-state index in [1.54, 1.807) is 12.4 Å². The summed E-state index contributed by atoms with van der Waals surface area (Å²) in [6.45, 7) is 4.92. The molecule has 3 aromatic rings. The molecule has 0 aliphatic carbocycles. The molecule has 5 nitrogen and oxygen atoms in total. The predicted molar refractivity (Wildman–Crippen MR) is 108 cm³/mol. The van der Waals surface area contributed by atoms with Crippen molar-refractivity contribution in [1.29, 1.82) is 0 Å². The monoisotopic (exact) mass is 358 g/mol. The van der Waals surface area contributed by atoms with E-state index in [4.69, 9.17) is 0 Å². The Kier molecular flexibility index (Phi) is 4.59. The van der Waals surface area contributed by atoms with Crippen LogP contribution in [-0.4, -0.2) is 22.4 Å². The molecule has 1 aliphatic rings. The van der Waals surface area contributed by atoms with Crippen LogP contribution in [0.2, 0.25) is 0 Å². The number of aryl methyl sites for hydroxylation is 3. The molecule has 0 bridgehead atoms. The summed E-state index contributed by atoms with van der Waals surface area (Å²) < 4.78 is 0. The first-order valence-corrected chi connectivity index (χ1v) is 9.17. The van der Waals surface area contributed by atoms with Crippen LogP contribution in [0.15, 0.2) is 54.9 Å². The lowest BCUT2D eigenvalue weighted by Crippen LogP contribution is -2.25. The van der Waals surface area contributed by atoms with Crippen LogP contribution < -0.4 is 10.2 Å². The van der Waals surface area contributed by atoms with E-state index in [1.165, 1.54) is 11.3 Å². The van der Waals surface area contributed by atoms with Crippen LogP contribution in [0.5, 0.6) is 0 Å². The summed E-state index contributed by atoms with van der Waals surface area (Å²) in [4.78, 5) is 23.5. The van der Waals surface area contributed by atoms with Gasteiger partial charge in [-0.25, -0.2) is 9.97 Å². The molecule has 0 fully saturated rings. The van der Waals surface area contributed by atoms with E-state index in [2.05, 4.69) is 44.5 Å². The molecule has 5 heteroatoms. The maximum atomic E-state index is 12.5. The molecular formula is C22H22N4O. The number of benzene rings is 2. The summed E-state index contributed by atoms with van der Waals surface area (Å²) in [5.74, 6) is 0.517. The molecular weight excluding hydrogens is 336 g/mol. The van der Waals surface area contributed by atoms with E-state index in [-0.39, 0.29) is 5.91 Å². The fourth-order valence-corrected chi connectivity index (χ4v) is 3.59. The number of nitrogens with zero attached hydrogens (tertiary/aromatic N) is 3. The van der Waals surface area contributed by atoms with E-state index in [9.17, 15) is 4.79 Å². The van der Waals surface area contributed by atoms with Crippen molar-refractivity contribution >= 4 is 23.1 Å². The van der Waals surface area contributed by atoms with Gasteiger partial charge in [0.1, 0.15) is 5.69 Å². The number of aromatic nitrogens is 2. The average Bonchev–Trinajstić information content (AvgIpc) is 2.67. The van der Waals surface area contributed by atoms with Gasteiger partial charge >= 0.3 is 0 Å². The molecule has 4 rings (SSSR count). The molecule has 1 aromatic heterocycles. The molecule has 27 heavy (non-hydrogen) atoms. The van der Waals surface area contributed by atoms with Crippen molar-refractivity contribution < 1.29 is 4.79 Å². The zero-order chi connectivity index (χ0) is 18.8. The fourth-order valence-electron chi connectivity index (χ4n) is 3.59. The van der Waals surface area contributed by atoms with Crippen LogP contribution in [-0.2, 0) is 6.42 Å². The number of rotatable bonds is 3. The van der Waals surface area contributed by atoms with Gasteiger partial charge in [0.2, 0.25) is 0 Å². The summed E-state index contributed by atoms with van der Waals surface area (Å²) in [5, 5.41) is 2.90. The largest absolute Gasteiger partial charge is 0.325 e. The molecule has 0 saturated heterocycles. The molecule has 1 N–H and O–H groups in total. The molecule has 0 unspecified atom stereocenters. The van der Waals surface area contributed by atoms with E-state index >= 15 is 0 Å². The number of hydrogen-bond donors (Lipinski definition) is 1. The smallest absolute Gasteiger partial charge is 0.275 e. The Labute approximate surface area is 159 Å². The second-order valence-electron chi connectivity index (χ2n) is 6.97. The summed E-state index contributed by atoms with van der Waals surface area (Å²) in [7, 11) is 0. The van der Waals surface area contributed by atoms with Gasteiger partial charge in [0, 0.05) is 17.9 Å². The van der Waals surface area contributed by atoms with Gasteiger partial charge in [0.15, 0.2) is 5.82 Å². The number of para-hydroxylation sites is 1. The second kappa shape index (κ2) is 7.19. The van der Waals surface area contributed by atoms with Gasteiger partial charge < -0.3 is 10.2 Å². The maximum absolute atomic E-state index is 12.5. The fraction of sp³-hybridized carbons (Fsp3) is 0.227. The van der Waals surface area contributed by atoms with Gasteiger partial charge in [-0.2, -0.15) is 0 Å². The Balaban J connectivity index is 1.53. The summed E-state index contributed by atoms with van der Waals surface area (Å²) in [6, 6.07) is 14.3. The normalized spacial score (nSPS) is 13.2. The Morgan fingerprint density at radius 3 is 2.56 bits per heavy atom. The first-order valence-electron chi connectivity index (χ1n) is 9.17. The van der Waals surface area contributed by atoms with Crippen LogP contribution in [0, 0.1) is 13.8 Å². The van der Waals surface area contributed by atoms with Crippen LogP contribution >= 0.6 is 0 Å². The van der Waals surface area contributed by atoms with Crippen molar-refractivity contribution in [3.63, 3.8) is 0 Å². The van der Waals surface area contributed by atoms with Crippen molar-refractivity contribution in [3.05, 3.63) is 77.2 Å². The highest BCUT2D eigenvalue weighted by molar-refractivity contribution is 6.02. The number of fused-ring (bicyclic) bond motifs is 1. The summed E-state index contributed by atoms with van der Waals surface area (Å²) in [6.07, 6.45) is 5.38. The van der Waals surface area contributed by atoms with Crippen molar-refractivity contribution in [2.45, 2.75) is 26.7 Å². The molecule has 0 radical (unpaired) electrons. The molecule has 2 aromatic carbocycles. The number of hydrogen-bond acceptors (Lipinski definition) is 4. The SMILES string of the molecule is Cc1cc(C)cc(NC(=O)c2cnc(N3CCCc4ccccc43)cn2)c1. The molecule has 136 valence electrons. The highest BCUT2D eigenvalue weighted by Crippen LogP contribution is 2.31. The van der Waals surface area contributed by atoms with Gasteiger partial charge in [-0.1, -0.05) is 24.3 Å². The third kappa shape index (κ3) is 3.67. The number of carbonyl (C=O) groups excluding carboxylic acids is 1. The van der Waals surface area contributed by atoms with Gasteiger partial charge in [0.05, 0.1) is 12.4 Å². The lowest BCUT2D eigenvalue weighted by Gasteiger charge is -2.30. The first kappa shape index (κ1) is 17.2. The molecule has 0 spiro atoms. The minimum absolute atomic E-state index is 0.252. The van der Waals surface area contributed by atoms with Crippen molar-refractivity contribution in [1.82, 2.24) is 9.97 Å². The number of anilines is 3. The van der Waals surface area contributed by atoms with E-state index in [1.807, 2.05) is 32.0 Å². The maximum Gasteiger partial charge on any atom is 0.275 e. The molecule has 1 amide bonds. The number of carbonyl (C=O) groups is 1. The van der Waals surface area contributed by atoms with Crippen LogP contribution in [0.4, 0.5) is 17.2 Å². The molecule has 0 saturated carbocycles. The van der Waals surface area contributed by atoms with Crippen molar-refractivity contribution in [2.75, 3.05) is 16.8 Å². The van der Waals surface area contributed by atoms with Gasteiger partial charge in [-0.05, 0) is 61.6 Å². The zero-order valence-corrected chi connectivity index (χ0v) is 15.6. The third-order valence-electron chi connectivity index (χ3n) is 4.74. The highest BCUT2D eigenvalue weighted by Gasteiger charge is 2.19. The Bertz CT molecular complexity index is 962. The van der Waals surface area contributed by atoms with Crippen LogP contribution in [0.3, 0.4) is 0 Å². The van der Waals surface area contributed by atoms with E-state index < -0.39 is 0 Å². The van der Waals surface area contributed by atoms with Gasteiger partial charge in [-0.15, -0.1) is 0 Å². The minimum atomic E-state index is -0.252. The van der Waals surface area contributed by atoms with Crippen molar-refractivity contribution in [2.24, 2.45) is 0 Å². The molecule has 2 heterocycles. The topological polar surface area (TPSA) is 58.1 Å². The van der Waals surface area contributed by atoms with E-state index in [0.29, 0.717) is 5.69 Å². The van der Waals surface area contributed by atoms with Crippen molar-refractivity contribution in [3.8, 4) is 0 Å². The lowest BCUT2D eigenvalue weighted by atomic mass is 10.0. The second-order valence-corrected chi connectivity index (χ2v) is 6.97. The van der Waals surface area contributed by atoms with Crippen LogP contribution in [0.25, 0.3) is 0 Å². The first-order chi connectivity index (χ1) is 13.1. The van der Waals surface area contributed by atoms with Crippen LogP contribution in [0.1, 0.15) is 33.6 Å². The predicted octanol–water partition coefficient (Wildman–Crippen LogP) is 4.43. The quantitative estimate of drug-likeness (QED) is 0.752.